The summed E-state index contributed by atoms with van der Waals surface area (Å²) in [4.78, 5) is 4.56. The molecule has 0 heterocycles. The number of benzene rings is 14. The lowest BCUT2D eigenvalue weighted by atomic mass is 9.59. The first-order chi connectivity index (χ1) is 50.2. The number of para-hydroxylation sites is 2. The van der Waals surface area contributed by atoms with Crippen molar-refractivity contribution < 1.29 is 20.4 Å². The van der Waals surface area contributed by atoms with Crippen LogP contribution in [0.5, 0.6) is 23.0 Å². The molecule has 103 heavy (non-hydrogen) atoms. The first-order valence-electron chi connectivity index (χ1n) is 34.1. The smallest absolute Gasteiger partial charge is 0.161 e. The van der Waals surface area contributed by atoms with Gasteiger partial charge >= 0.3 is 0 Å². The minimum atomic E-state index is -1.40. The summed E-state index contributed by atoms with van der Waals surface area (Å²) in [7, 11) is 40.3. The Morgan fingerprint density at radius 2 is 0.524 bits per heavy atom. The van der Waals surface area contributed by atoms with Crippen LogP contribution in [0.25, 0.3) is 56.7 Å². The molecule has 12 radical (unpaired) electrons. The third-order valence-corrected chi connectivity index (χ3v) is 22.2. The van der Waals surface area contributed by atoms with E-state index in [9.17, 15) is 20.4 Å². The maximum absolute atomic E-state index is 12.6. The molecule has 3 atom stereocenters. The highest BCUT2D eigenvalue weighted by Crippen LogP contribution is 2.66. The number of phenols is 4. The third-order valence-electron chi connectivity index (χ3n) is 22.2. The normalized spacial score (nSPS) is 16.5. The molecule has 0 bridgehead atoms. The van der Waals surface area contributed by atoms with Crippen LogP contribution in [0.1, 0.15) is 77.9 Å². The van der Waals surface area contributed by atoms with Gasteiger partial charge in [0.05, 0.1) is 21.8 Å². The molecular weight excluding hydrogens is 1250 g/mol. The number of aromatic hydroxyl groups is 4. The SMILES string of the molecule is [B]c1c([B])c(O)c(C2(c3ccc(C=C)cc3)c3ccccc3-c3ccc(N(c4ccccc4)c4ccc5c(c4)C4(c6ccccc6-c6ccc(N(c7ccccc7)c7ccc8c(c7)C(c7ccc(C=C)cc7)(c7c([B])c([B])c([B])c(O)c7O)c7ccccc7-8)cc64)c4ccccc4-5)cc32)c(O)c1[B]. The van der Waals surface area contributed by atoms with Crippen LogP contribution in [0.2, 0.25) is 0 Å². The van der Waals surface area contributed by atoms with Crippen molar-refractivity contribution in [3.8, 4) is 67.5 Å². The zero-order valence-corrected chi connectivity index (χ0v) is 55.8. The van der Waals surface area contributed by atoms with E-state index >= 15 is 0 Å². The van der Waals surface area contributed by atoms with Gasteiger partial charge in [-0.05, 0) is 184 Å². The van der Waals surface area contributed by atoms with Gasteiger partial charge in [-0.15, -0.1) is 10.9 Å². The Kier molecular flexibility index (Phi) is 14.3. The zero-order valence-electron chi connectivity index (χ0n) is 55.8. The molecule has 14 aromatic rings. The van der Waals surface area contributed by atoms with Crippen LogP contribution < -0.4 is 42.6 Å². The molecule has 472 valence electrons. The summed E-state index contributed by atoms with van der Waals surface area (Å²) in [6, 6.07) is 96.8. The van der Waals surface area contributed by atoms with Gasteiger partial charge in [0.1, 0.15) is 64.3 Å². The van der Waals surface area contributed by atoms with Crippen molar-refractivity contribution in [1.82, 2.24) is 0 Å². The van der Waals surface area contributed by atoms with E-state index in [4.69, 9.17) is 47.1 Å². The molecule has 3 unspecified atom stereocenters. The van der Waals surface area contributed by atoms with Crippen molar-refractivity contribution in [3.05, 3.63) is 370 Å². The van der Waals surface area contributed by atoms with Gasteiger partial charge in [-0.2, -0.15) is 0 Å². The van der Waals surface area contributed by atoms with Gasteiger partial charge in [0.25, 0.3) is 0 Å². The Morgan fingerprint density at radius 1 is 0.243 bits per heavy atom. The van der Waals surface area contributed by atoms with Gasteiger partial charge in [0.2, 0.25) is 0 Å². The Bertz CT molecular complexity index is 5540. The minimum Gasteiger partial charge on any atom is -0.508 e. The maximum atomic E-state index is 12.6. The number of anilines is 6. The molecule has 12 heteroatoms. The lowest BCUT2D eigenvalue weighted by molar-refractivity contribution is 0.399. The van der Waals surface area contributed by atoms with Crippen LogP contribution in [0.15, 0.2) is 292 Å². The fourth-order valence-electron chi connectivity index (χ4n) is 17.7. The van der Waals surface area contributed by atoms with Crippen molar-refractivity contribution >= 4 is 126 Å². The largest absolute Gasteiger partial charge is 0.508 e. The highest BCUT2D eigenvalue weighted by Gasteiger charge is 2.54. The molecule has 0 fully saturated rings. The van der Waals surface area contributed by atoms with Crippen molar-refractivity contribution in [2.45, 2.75) is 16.2 Å². The third kappa shape index (κ3) is 8.58. The number of nitrogens with zero attached hydrogens (tertiary/aromatic N) is 2. The lowest BCUT2D eigenvalue weighted by Gasteiger charge is -2.38. The second-order valence-electron chi connectivity index (χ2n) is 27.0. The summed E-state index contributed by atoms with van der Waals surface area (Å²) in [6.07, 6.45) is 3.56. The molecule has 1 spiro atoms. The molecule has 0 aliphatic heterocycles. The molecule has 0 amide bonds. The minimum absolute atomic E-state index is 0.0392. The van der Waals surface area contributed by atoms with Gasteiger partial charge in [-0.3, -0.25) is 0 Å². The van der Waals surface area contributed by atoms with Gasteiger partial charge in [0.15, 0.2) is 5.75 Å². The van der Waals surface area contributed by atoms with Crippen LogP contribution in [0, 0.1) is 0 Å². The Hall–Kier alpha value is -12.3. The molecular formula is C91H56B6N2O4. The van der Waals surface area contributed by atoms with Gasteiger partial charge in [-0.25, -0.2) is 0 Å². The van der Waals surface area contributed by atoms with Crippen LogP contribution in [-0.2, 0) is 16.2 Å². The van der Waals surface area contributed by atoms with Crippen molar-refractivity contribution in [2.75, 3.05) is 9.80 Å². The first kappa shape index (κ1) is 63.0. The van der Waals surface area contributed by atoms with E-state index < -0.39 is 27.7 Å². The molecule has 18 rings (SSSR count). The quantitative estimate of drug-likeness (QED) is 0.0720. The molecule has 4 N–H and O–H groups in total. The van der Waals surface area contributed by atoms with Gasteiger partial charge < -0.3 is 30.2 Å². The van der Waals surface area contributed by atoms with Gasteiger partial charge in [-0.1, -0.05) is 253 Å². The summed E-state index contributed by atoms with van der Waals surface area (Å²) in [5.74, 6) is -1.78. The number of hydrogen-bond acceptors (Lipinski definition) is 6. The van der Waals surface area contributed by atoms with E-state index in [0.717, 1.165) is 145 Å². The molecule has 14 aromatic carbocycles. The summed E-state index contributed by atoms with van der Waals surface area (Å²) in [5.41, 5.74) is 20.1. The molecule has 6 nitrogen and oxygen atoms in total. The average molecular weight is 1310 g/mol. The Balaban J connectivity index is 0.864. The predicted octanol–water partition coefficient (Wildman–Crippen LogP) is 14.6. The number of phenolic OH excluding ortho intramolecular Hbond substituents is 4. The summed E-state index contributed by atoms with van der Waals surface area (Å²) >= 11 is 0. The summed E-state index contributed by atoms with van der Waals surface area (Å²) < 4.78 is 0. The molecule has 4 aliphatic rings. The fraction of sp³-hybridized carbons (Fsp3) is 0.0330. The Morgan fingerprint density at radius 3 is 0.874 bits per heavy atom. The van der Waals surface area contributed by atoms with E-state index in [2.05, 4.69) is 181 Å². The standard InChI is InChI=1S/C91H56B6N2O4/c1-3-51-31-35-53(36-32-51)89(77-79(92)80(93)84(97)88(103)87(77)102)69-27-15-11-23-61(69)65-43-39-57(47-73(65)89)98(55-19-7-5-8-20-55)59-41-45-67-63-25-13-17-29-71(63)91(75(67)49-59)72-30-18-14-26-64(72)68-46-42-60(50-76(68)91)99(56-21-9-6-10-22-56)58-40-44-66-62-24-12-16-28-70(62)90(74(66)48-58,54-37-33-52(4-2)34-38-54)78-85(100)82(95)81(94)83(96)86(78)101/h3-50,100-103H,1-2H2. The van der Waals surface area contributed by atoms with Crippen LogP contribution in [0.3, 0.4) is 0 Å². The van der Waals surface area contributed by atoms with Crippen molar-refractivity contribution in [1.29, 1.82) is 0 Å². The average Bonchev–Trinajstić information content (AvgIpc) is 1.55. The molecule has 0 saturated carbocycles. The molecule has 0 aromatic heterocycles. The predicted molar refractivity (Wildman–Crippen MR) is 426 cm³/mol. The number of fused-ring (bicyclic) bond motifs is 16. The van der Waals surface area contributed by atoms with E-state index in [1.54, 1.807) is 12.2 Å². The Labute approximate surface area is 606 Å². The van der Waals surface area contributed by atoms with E-state index in [1.165, 1.54) is 0 Å². The van der Waals surface area contributed by atoms with E-state index in [1.807, 2.05) is 121 Å². The highest BCUT2D eigenvalue weighted by molar-refractivity contribution is 6.59. The van der Waals surface area contributed by atoms with Crippen molar-refractivity contribution in [3.63, 3.8) is 0 Å². The van der Waals surface area contributed by atoms with Crippen LogP contribution in [-0.4, -0.2) is 67.5 Å². The molecule has 0 saturated heterocycles. The number of hydrogen-bond donors (Lipinski definition) is 4. The monoisotopic (exact) mass is 1310 g/mol. The summed E-state index contributed by atoms with van der Waals surface area (Å²) in [6.45, 7) is 8.12. The fourth-order valence-corrected chi connectivity index (χ4v) is 17.7. The van der Waals surface area contributed by atoms with Gasteiger partial charge in [0, 0.05) is 39.7 Å². The summed E-state index contributed by atoms with van der Waals surface area (Å²) in [5, 5.41) is 49.4. The number of rotatable bonds is 12. The van der Waals surface area contributed by atoms with E-state index in [0.29, 0.717) is 0 Å². The second-order valence-corrected chi connectivity index (χ2v) is 27.0. The zero-order chi connectivity index (χ0) is 70.5. The highest BCUT2D eigenvalue weighted by atomic mass is 16.3. The van der Waals surface area contributed by atoms with Crippen LogP contribution in [0.4, 0.5) is 34.1 Å². The lowest BCUT2D eigenvalue weighted by Crippen LogP contribution is -2.46. The van der Waals surface area contributed by atoms with Crippen LogP contribution >= 0.6 is 0 Å². The van der Waals surface area contributed by atoms with E-state index in [-0.39, 0.29) is 55.4 Å². The second kappa shape index (κ2) is 23.4. The van der Waals surface area contributed by atoms with Crippen molar-refractivity contribution in [2.24, 2.45) is 0 Å². The maximum Gasteiger partial charge on any atom is 0.161 e. The first-order valence-corrected chi connectivity index (χ1v) is 34.1. The molecule has 4 aliphatic carbocycles. The topological polar surface area (TPSA) is 87.4 Å².